The molecule has 1 saturated heterocycles. The number of alkyl halides is 1. The lowest BCUT2D eigenvalue weighted by Crippen LogP contribution is -2.68. The number of rotatable bonds is 11. The van der Waals surface area contributed by atoms with Gasteiger partial charge in [-0.3, -0.25) is 24.0 Å². The summed E-state index contributed by atoms with van der Waals surface area (Å²) < 4.78 is 10.4. The molecule has 14 heteroatoms. The fourth-order valence-electron chi connectivity index (χ4n) is 3.04. The lowest BCUT2D eigenvalue weighted by atomic mass is 9.95. The Balaban J connectivity index is 2.97. The highest BCUT2D eigenvalue weighted by Crippen LogP contribution is 2.21. The van der Waals surface area contributed by atoms with E-state index in [0.29, 0.717) is 13.0 Å². The van der Waals surface area contributed by atoms with Crippen LogP contribution in [0.5, 0.6) is 0 Å². The molecule has 188 valence electrons. The quantitative estimate of drug-likeness (QED) is 0.130. The van der Waals surface area contributed by atoms with Gasteiger partial charge in [0.05, 0.1) is 6.42 Å². The number of nitrogens with one attached hydrogen (secondary N) is 4. The van der Waals surface area contributed by atoms with Crippen molar-refractivity contribution in [2.75, 3.05) is 19.0 Å². The summed E-state index contributed by atoms with van der Waals surface area (Å²) in [6, 6.07) is -2.49. The number of ether oxygens (including phenoxy) is 2. The molecular weight excluding hydrogens is 464 g/mol. The van der Waals surface area contributed by atoms with Crippen LogP contribution in [0.2, 0.25) is 0 Å². The number of hydrogen-bond donors (Lipinski definition) is 6. The normalized spacial score (nSPS) is 25.3. The number of carbonyl (C=O) groups is 5. The third kappa shape index (κ3) is 9.50. The zero-order valence-electron chi connectivity index (χ0n) is 18.6. The van der Waals surface area contributed by atoms with Crippen LogP contribution in [0.15, 0.2) is 0 Å². The van der Waals surface area contributed by atoms with E-state index in [1.54, 1.807) is 0 Å². The van der Waals surface area contributed by atoms with E-state index in [1.807, 2.05) is 6.92 Å². The van der Waals surface area contributed by atoms with E-state index >= 15 is 0 Å². The molecule has 4 amide bonds. The van der Waals surface area contributed by atoms with Crippen LogP contribution < -0.4 is 21.3 Å². The molecule has 6 atom stereocenters. The highest BCUT2D eigenvalue weighted by Gasteiger charge is 2.46. The number of carbonyl (C=O) groups excluding carboxylic acids is 5. The van der Waals surface area contributed by atoms with Gasteiger partial charge in [0, 0.05) is 20.4 Å². The molecule has 1 heterocycles. The molecule has 0 aliphatic carbocycles. The summed E-state index contributed by atoms with van der Waals surface area (Å²) in [4.78, 5) is 59.3. The molecule has 0 aromatic carbocycles. The molecule has 0 spiro atoms. The molecule has 0 aromatic heterocycles. The number of aliphatic hydroxyl groups is 2. The van der Waals surface area contributed by atoms with E-state index < -0.39 is 85.1 Å². The van der Waals surface area contributed by atoms with E-state index in [4.69, 9.17) is 21.1 Å². The van der Waals surface area contributed by atoms with Crippen LogP contribution in [-0.2, 0) is 33.4 Å². The summed E-state index contributed by atoms with van der Waals surface area (Å²) >= 11 is 5.47. The average molecular weight is 495 g/mol. The van der Waals surface area contributed by atoms with Crippen LogP contribution >= 0.6 is 11.6 Å². The van der Waals surface area contributed by atoms with Gasteiger partial charge >= 0.3 is 5.97 Å². The van der Waals surface area contributed by atoms with E-state index in [0.717, 1.165) is 6.92 Å². The first-order chi connectivity index (χ1) is 15.5. The van der Waals surface area contributed by atoms with Crippen molar-refractivity contribution in [3.8, 4) is 0 Å². The lowest BCUT2D eigenvalue weighted by molar-refractivity contribution is -0.208. The molecule has 0 aromatic rings. The SMILES string of the molecule is CCCNC(=O)C(CC(=O)N[C@@H]1O[C@H](COC(C)=O)[C@@H](O)[C@H](O)[C@H]1NC(C)=O)NC(=O)CCl. The van der Waals surface area contributed by atoms with Crippen molar-refractivity contribution in [1.82, 2.24) is 21.3 Å². The molecule has 0 radical (unpaired) electrons. The van der Waals surface area contributed by atoms with Gasteiger partial charge in [0.1, 0.15) is 42.9 Å². The molecule has 1 aliphatic rings. The molecule has 13 nitrogen and oxygen atoms in total. The van der Waals surface area contributed by atoms with Gasteiger partial charge in [0.15, 0.2) is 6.23 Å². The smallest absolute Gasteiger partial charge is 0.302 e. The summed E-state index contributed by atoms with van der Waals surface area (Å²) in [5.41, 5.74) is 0. The second-order valence-corrected chi connectivity index (χ2v) is 7.69. The average Bonchev–Trinajstić information content (AvgIpc) is 2.75. The summed E-state index contributed by atoms with van der Waals surface area (Å²) in [6.07, 6.45) is -5.54. The van der Waals surface area contributed by atoms with Gasteiger partial charge in [-0.1, -0.05) is 6.92 Å². The molecule has 0 saturated carbocycles. The maximum atomic E-state index is 12.7. The molecule has 1 aliphatic heterocycles. The topological polar surface area (TPSA) is 192 Å². The van der Waals surface area contributed by atoms with E-state index in [1.165, 1.54) is 6.92 Å². The highest BCUT2D eigenvalue weighted by molar-refractivity contribution is 6.27. The summed E-state index contributed by atoms with van der Waals surface area (Å²) in [5.74, 6) is -3.67. The van der Waals surface area contributed by atoms with Crippen LogP contribution in [0.4, 0.5) is 0 Å². The largest absolute Gasteiger partial charge is 0.463 e. The summed E-state index contributed by atoms with van der Waals surface area (Å²) in [5, 5.41) is 30.4. The van der Waals surface area contributed by atoms with Crippen molar-refractivity contribution < 1.29 is 43.7 Å². The molecule has 1 rings (SSSR count). The van der Waals surface area contributed by atoms with Crippen molar-refractivity contribution in [2.24, 2.45) is 0 Å². The Morgan fingerprint density at radius 1 is 1.06 bits per heavy atom. The zero-order valence-corrected chi connectivity index (χ0v) is 19.4. The van der Waals surface area contributed by atoms with Crippen molar-refractivity contribution in [2.45, 2.75) is 70.2 Å². The van der Waals surface area contributed by atoms with E-state index in [-0.39, 0.29) is 0 Å². The van der Waals surface area contributed by atoms with Gasteiger partial charge < -0.3 is 41.0 Å². The van der Waals surface area contributed by atoms with Crippen LogP contribution in [0, 0.1) is 0 Å². The molecule has 6 N–H and O–H groups in total. The minimum absolute atomic E-state index is 0.325. The minimum atomic E-state index is -1.58. The zero-order chi connectivity index (χ0) is 25.1. The molecular formula is C19H31ClN4O9. The monoisotopic (exact) mass is 494 g/mol. The van der Waals surface area contributed by atoms with Gasteiger partial charge in [-0.25, -0.2) is 0 Å². The van der Waals surface area contributed by atoms with Crippen molar-refractivity contribution >= 4 is 41.2 Å². The number of amides is 4. The first-order valence-corrected chi connectivity index (χ1v) is 10.9. The first kappa shape index (κ1) is 28.6. The second kappa shape index (κ2) is 13.9. The Labute approximate surface area is 195 Å². The Hall–Kier alpha value is -2.48. The Morgan fingerprint density at radius 2 is 1.73 bits per heavy atom. The maximum Gasteiger partial charge on any atom is 0.302 e. The van der Waals surface area contributed by atoms with Gasteiger partial charge in [0.25, 0.3) is 0 Å². The predicted octanol–water partition coefficient (Wildman–Crippen LogP) is -2.74. The van der Waals surface area contributed by atoms with Crippen LogP contribution in [0.1, 0.15) is 33.6 Å². The van der Waals surface area contributed by atoms with Crippen molar-refractivity contribution in [3.63, 3.8) is 0 Å². The van der Waals surface area contributed by atoms with E-state index in [9.17, 15) is 34.2 Å². The summed E-state index contributed by atoms with van der Waals surface area (Å²) in [7, 11) is 0. The molecule has 33 heavy (non-hydrogen) atoms. The Kier molecular flexibility index (Phi) is 12.1. The second-order valence-electron chi connectivity index (χ2n) is 7.42. The third-order valence-corrected chi connectivity index (χ3v) is 4.82. The van der Waals surface area contributed by atoms with Gasteiger partial charge in [-0.05, 0) is 6.42 Å². The highest BCUT2D eigenvalue weighted by atomic mass is 35.5. The number of halogens is 1. The van der Waals surface area contributed by atoms with Crippen molar-refractivity contribution in [1.29, 1.82) is 0 Å². The lowest BCUT2D eigenvalue weighted by Gasteiger charge is -2.43. The number of aliphatic hydroxyl groups excluding tert-OH is 2. The number of hydrogen-bond acceptors (Lipinski definition) is 9. The first-order valence-electron chi connectivity index (χ1n) is 10.3. The molecule has 1 fully saturated rings. The summed E-state index contributed by atoms with van der Waals surface area (Å²) in [6.45, 7) is 4.04. The fourth-order valence-corrected chi connectivity index (χ4v) is 3.12. The van der Waals surface area contributed by atoms with Crippen LogP contribution in [-0.4, -0.2) is 95.5 Å². The fraction of sp³-hybridized carbons (Fsp3) is 0.737. The van der Waals surface area contributed by atoms with Gasteiger partial charge in [-0.2, -0.15) is 0 Å². The third-order valence-electron chi connectivity index (χ3n) is 4.58. The minimum Gasteiger partial charge on any atom is -0.463 e. The molecule has 0 bridgehead atoms. The Bertz CT molecular complexity index is 721. The molecule has 1 unspecified atom stereocenters. The van der Waals surface area contributed by atoms with Crippen molar-refractivity contribution in [3.05, 3.63) is 0 Å². The Morgan fingerprint density at radius 3 is 2.27 bits per heavy atom. The van der Waals surface area contributed by atoms with Gasteiger partial charge in [-0.15, -0.1) is 11.6 Å². The van der Waals surface area contributed by atoms with Crippen LogP contribution in [0.25, 0.3) is 0 Å². The predicted molar refractivity (Wildman–Crippen MR) is 114 cm³/mol. The maximum absolute atomic E-state index is 12.7. The van der Waals surface area contributed by atoms with Gasteiger partial charge in [0.2, 0.25) is 23.6 Å². The van der Waals surface area contributed by atoms with E-state index in [2.05, 4.69) is 21.3 Å². The van der Waals surface area contributed by atoms with Crippen LogP contribution in [0.3, 0.4) is 0 Å². The number of esters is 1. The standard InChI is InChI=1S/C19H31ClN4O9/c1-4-5-21-18(31)11(23-14(28)7-20)6-13(27)24-19-15(22-9(2)25)17(30)16(29)12(33-19)8-32-10(3)26/h11-12,15-17,19,29-30H,4-8H2,1-3H3,(H,21,31)(H,22,25)(H,23,28)(H,24,27)/t11?,12-,15-,16-,17-,19-/m1/s1.